The van der Waals surface area contributed by atoms with Crippen molar-refractivity contribution < 1.29 is 17.9 Å². The van der Waals surface area contributed by atoms with Crippen molar-refractivity contribution in [3.63, 3.8) is 0 Å². The highest BCUT2D eigenvalue weighted by Gasteiger charge is 2.17. The Morgan fingerprint density at radius 2 is 2.13 bits per heavy atom. The van der Waals surface area contributed by atoms with Gasteiger partial charge >= 0.3 is 0 Å². The monoisotopic (exact) mass is 252 g/mol. The van der Waals surface area contributed by atoms with E-state index in [2.05, 4.69) is 0 Å². The van der Waals surface area contributed by atoms with Crippen molar-refractivity contribution in [3.8, 4) is 0 Å². The Kier molecular flexibility index (Phi) is 3.70. The normalized spacial score (nSPS) is 13.9. The summed E-state index contributed by atoms with van der Waals surface area (Å²) in [5, 5.41) is 9.56. The number of aliphatic hydroxyl groups is 1. The van der Waals surface area contributed by atoms with Crippen LogP contribution in [0.3, 0.4) is 0 Å². The van der Waals surface area contributed by atoms with Crippen LogP contribution >= 0.6 is 11.6 Å². The molecule has 0 bridgehead atoms. The molecular formula is C9H10ClFO3S. The molecule has 0 spiro atoms. The third kappa shape index (κ3) is 3.77. The number of hydrogen-bond acceptors (Lipinski definition) is 3. The van der Waals surface area contributed by atoms with Crippen LogP contribution in [0.15, 0.2) is 18.2 Å². The topological polar surface area (TPSA) is 54.4 Å². The van der Waals surface area contributed by atoms with E-state index in [1.54, 1.807) is 0 Å². The van der Waals surface area contributed by atoms with Gasteiger partial charge in [-0.2, -0.15) is 0 Å². The van der Waals surface area contributed by atoms with Gasteiger partial charge in [0.15, 0.2) is 0 Å². The highest BCUT2D eigenvalue weighted by atomic mass is 35.5. The molecule has 1 unspecified atom stereocenters. The predicted molar refractivity (Wildman–Crippen MR) is 56.1 cm³/mol. The van der Waals surface area contributed by atoms with Crippen molar-refractivity contribution in [2.75, 3.05) is 12.0 Å². The molecule has 1 aromatic carbocycles. The highest BCUT2D eigenvalue weighted by Crippen LogP contribution is 2.24. The van der Waals surface area contributed by atoms with Crippen molar-refractivity contribution in [1.29, 1.82) is 0 Å². The second-order valence-electron chi connectivity index (χ2n) is 3.27. The Morgan fingerprint density at radius 1 is 1.53 bits per heavy atom. The molecule has 1 N–H and O–H groups in total. The minimum absolute atomic E-state index is 0.0196. The standard InChI is InChI=1S/C9H10ClFO3S/c1-15(13,14)5-9(12)7-3-2-6(11)4-8(7)10/h2-4,9,12H,5H2,1H3. The largest absolute Gasteiger partial charge is 0.387 e. The Labute approximate surface area is 92.4 Å². The van der Waals surface area contributed by atoms with Gasteiger partial charge in [0.2, 0.25) is 0 Å². The smallest absolute Gasteiger partial charge is 0.150 e. The number of sulfone groups is 1. The third-order valence-electron chi connectivity index (χ3n) is 1.78. The molecule has 1 rings (SSSR count). The Bertz CT molecular complexity index is 458. The molecule has 0 aromatic heterocycles. The van der Waals surface area contributed by atoms with Gasteiger partial charge in [-0.1, -0.05) is 17.7 Å². The second kappa shape index (κ2) is 4.47. The Morgan fingerprint density at radius 3 is 2.60 bits per heavy atom. The molecule has 6 heteroatoms. The van der Waals surface area contributed by atoms with E-state index < -0.39 is 27.5 Å². The Hall–Kier alpha value is -0.650. The molecule has 0 aliphatic carbocycles. The van der Waals surface area contributed by atoms with Crippen LogP contribution in [0.4, 0.5) is 4.39 Å². The van der Waals surface area contributed by atoms with E-state index >= 15 is 0 Å². The zero-order valence-corrected chi connectivity index (χ0v) is 9.52. The quantitative estimate of drug-likeness (QED) is 0.888. The number of aliphatic hydroxyl groups excluding tert-OH is 1. The summed E-state index contributed by atoms with van der Waals surface area (Å²) < 4.78 is 34.5. The first-order valence-corrected chi connectivity index (χ1v) is 6.54. The molecule has 0 amide bonds. The summed E-state index contributed by atoms with van der Waals surface area (Å²) in [7, 11) is -3.30. The molecule has 1 atom stereocenters. The maximum atomic E-state index is 12.7. The van der Waals surface area contributed by atoms with E-state index in [9.17, 15) is 17.9 Å². The molecule has 0 aliphatic rings. The molecule has 0 fully saturated rings. The van der Waals surface area contributed by atoms with E-state index in [-0.39, 0.29) is 10.6 Å². The van der Waals surface area contributed by atoms with Crippen LogP contribution in [-0.2, 0) is 9.84 Å². The molecule has 15 heavy (non-hydrogen) atoms. The van der Waals surface area contributed by atoms with Crippen molar-refractivity contribution in [2.24, 2.45) is 0 Å². The van der Waals surface area contributed by atoms with Crippen LogP contribution in [0.1, 0.15) is 11.7 Å². The second-order valence-corrected chi connectivity index (χ2v) is 5.87. The molecule has 84 valence electrons. The summed E-state index contributed by atoms with van der Waals surface area (Å²) in [6, 6.07) is 3.42. The number of hydrogen-bond donors (Lipinski definition) is 1. The molecule has 3 nitrogen and oxygen atoms in total. The van der Waals surface area contributed by atoms with Crippen molar-refractivity contribution >= 4 is 21.4 Å². The van der Waals surface area contributed by atoms with E-state index in [0.717, 1.165) is 18.4 Å². The van der Waals surface area contributed by atoms with Crippen LogP contribution in [0, 0.1) is 5.82 Å². The van der Waals surface area contributed by atoms with Gasteiger partial charge in [0.1, 0.15) is 15.7 Å². The number of benzene rings is 1. The lowest BCUT2D eigenvalue weighted by atomic mass is 10.1. The fraction of sp³-hybridized carbons (Fsp3) is 0.333. The average molecular weight is 253 g/mol. The van der Waals surface area contributed by atoms with Gasteiger partial charge < -0.3 is 5.11 Å². The summed E-state index contributed by atoms with van der Waals surface area (Å²) in [5.74, 6) is -0.964. The van der Waals surface area contributed by atoms with Gasteiger partial charge in [-0.05, 0) is 12.1 Å². The van der Waals surface area contributed by atoms with E-state index in [1.165, 1.54) is 6.07 Å². The van der Waals surface area contributed by atoms with Crippen molar-refractivity contribution in [2.45, 2.75) is 6.10 Å². The maximum Gasteiger partial charge on any atom is 0.150 e. The fourth-order valence-corrected chi connectivity index (χ4v) is 2.19. The van der Waals surface area contributed by atoms with E-state index in [4.69, 9.17) is 11.6 Å². The van der Waals surface area contributed by atoms with Gasteiger partial charge in [-0.3, -0.25) is 0 Å². The van der Waals surface area contributed by atoms with Crippen LogP contribution in [0.2, 0.25) is 5.02 Å². The average Bonchev–Trinajstić information content (AvgIpc) is 1.99. The zero-order valence-electron chi connectivity index (χ0n) is 7.94. The van der Waals surface area contributed by atoms with Crippen LogP contribution < -0.4 is 0 Å². The van der Waals surface area contributed by atoms with Gasteiger partial charge in [0, 0.05) is 16.8 Å². The summed E-state index contributed by atoms with van der Waals surface area (Å²) in [4.78, 5) is 0. The van der Waals surface area contributed by atoms with Gasteiger partial charge in [0.25, 0.3) is 0 Å². The molecule has 0 saturated carbocycles. The molecular weight excluding hydrogens is 243 g/mol. The van der Waals surface area contributed by atoms with E-state index in [0.29, 0.717) is 0 Å². The van der Waals surface area contributed by atoms with Gasteiger partial charge in [0.05, 0.1) is 11.9 Å². The predicted octanol–water partition coefficient (Wildman–Crippen LogP) is 1.56. The maximum absolute atomic E-state index is 12.7. The lowest BCUT2D eigenvalue weighted by Crippen LogP contribution is -2.13. The summed E-state index contributed by atoms with van der Waals surface area (Å²) >= 11 is 5.66. The van der Waals surface area contributed by atoms with E-state index in [1.807, 2.05) is 0 Å². The van der Waals surface area contributed by atoms with Gasteiger partial charge in [-0.15, -0.1) is 0 Å². The third-order valence-corrected chi connectivity index (χ3v) is 3.03. The highest BCUT2D eigenvalue weighted by molar-refractivity contribution is 7.90. The molecule has 1 aromatic rings. The van der Waals surface area contributed by atoms with Crippen molar-refractivity contribution in [1.82, 2.24) is 0 Å². The summed E-state index contributed by atoms with van der Waals surface area (Å²) in [6.07, 6.45) is -0.221. The number of halogens is 2. The summed E-state index contributed by atoms with van der Waals surface area (Å²) in [5.41, 5.74) is 0.212. The lowest BCUT2D eigenvalue weighted by molar-refractivity contribution is 0.202. The minimum atomic E-state index is -3.30. The molecule has 0 saturated heterocycles. The first-order chi connectivity index (χ1) is 6.79. The van der Waals surface area contributed by atoms with Crippen LogP contribution in [0.5, 0.6) is 0 Å². The fourth-order valence-electron chi connectivity index (χ4n) is 1.15. The van der Waals surface area contributed by atoms with Crippen molar-refractivity contribution in [3.05, 3.63) is 34.6 Å². The van der Waals surface area contributed by atoms with Crippen LogP contribution in [0.25, 0.3) is 0 Å². The molecule has 0 heterocycles. The Balaban J connectivity index is 2.97. The first kappa shape index (κ1) is 12.4. The SMILES string of the molecule is CS(=O)(=O)CC(O)c1ccc(F)cc1Cl. The lowest BCUT2D eigenvalue weighted by Gasteiger charge is -2.11. The minimum Gasteiger partial charge on any atom is -0.387 e. The molecule has 0 aliphatic heterocycles. The van der Waals surface area contributed by atoms with Crippen LogP contribution in [-0.4, -0.2) is 25.5 Å². The first-order valence-electron chi connectivity index (χ1n) is 4.10. The molecule has 0 radical (unpaired) electrons. The van der Waals surface area contributed by atoms with Gasteiger partial charge in [-0.25, -0.2) is 12.8 Å². The zero-order chi connectivity index (χ0) is 11.6. The number of rotatable bonds is 3. The summed E-state index contributed by atoms with van der Waals surface area (Å²) in [6.45, 7) is 0.